The SMILES string of the molecule is Cn1cc(CCNC(=O)N2CCCCC2c2ncc[nH]2)c2ccc(F)cc21. The number of imidazole rings is 1. The Morgan fingerprint density at radius 1 is 1.41 bits per heavy atom. The van der Waals surface area contributed by atoms with Crippen molar-refractivity contribution in [1.82, 2.24) is 24.8 Å². The van der Waals surface area contributed by atoms with Gasteiger partial charge in [-0.1, -0.05) is 0 Å². The molecule has 1 unspecified atom stereocenters. The van der Waals surface area contributed by atoms with E-state index in [4.69, 9.17) is 0 Å². The lowest BCUT2D eigenvalue weighted by Crippen LogP contribution is -2.45. The highest BCUT2D eigenvalue weighted by Crippen LogP contribution is 2.28. The lowest BCUT2D eigenvalue weighted by Gasteiger charge is -2.34. The molecule has 1 aliphatic heterocycles. The molecule has 2 aromatic heterocycles. The molecule has 4 rings (SSSR count). The summed E-state index contributed by atoms with van der Waals surface area (Å²) < 4.78 is 15.4. The van der Waals surface area contributed by atoms with Gasteiger partial charge in [0, 0.05) is 44.1 Å². The van der Waals surface area contributed by atoms with E-state index in [1.54, 1.807) is 24.5 Å². The first-order chi connectivity index (χ1) is 13.1. The van der Waals surface area contributed by atoms with Gasteiger partial charge in [-0.05, 0) is 49.4 Å². The van der Waals surface area contributed by atoms with Gasteiger partial charge in [0.2, 0.25) is 0 Å². The summed E-state index contributed by atoms with van der Waals surface area (Å²) >= 11 is 0. The van der Waals surface area contributed by atoms with Gasteiger partial charge in [0.15, 0.2) is 0 Å². The van der Waals surface area contributed by atoms with Gasteiger partial charge in [-0.3, -0.25) is 0 Å². The molecule has 1 saturated heterocycles. The highest BCUT2D eigenvalue weighted by atomic mass is 19.1. The second-order valence-corrected chi connectivity index (χ2v) is 7.09. The first-order valence-corrected chi connectivity index (χ1v) is 9.40. The van der Waals surface area contributed by atoms with Crippen LogP contribution >= 0.6 is 0 Å². The molecule has 6 nitrogen and oxygen atoms in total. The summed E-state index contributed by atoms with van der Waals surface area (Å²) in [6, 6.07) is 4.78. The maximum absolute atomic E-state index is 13.5. The molecule has 27 heavy (non-hydrogen) atoms. The van der Waals surface area contributed by atoms with E-state index in [-0.39, 0.29) is 17.9 Å². The van der Waals surface area contributed by atoms with Crippen LogP contribution in [0.15, 0.2) is 36.8 Å². The molecule has 0 aliphatic carbocycles. The minimum atomic E-state index is -0.238. The van der Waals surface area contributed by atoms with E-state index >= 15 is 0 Å². The van der Waals surface area contributed by atoms with Crippen LogP contribution in [0.1, 0.15) is 36.7 Å². The van der Waals surface area contributed by atoms with Crippen molar-refractivity contribution in [2.45, 2.75) is 31.7 Å². The van der Waals surface area contributed by atoms with Crippen LogP contribution in [0.5, 0.6) is 0 Å². The van der Waals surface area contributed by atoms with Gasteiger partial charge >= 0.3 is 6.03 Å². The second kappa shape index (κ2) is 7.42. The van der Waals surface area contributed by atoms with Crippen LogP contribution in [0.25, 0.3) is 10.9 Å². The third kappa shape index (κ3) is 3.54. The average Bonchev–Trinajstić information content (AvgIpc) is 3.31. The van der Waals surface area contributed by atoms with Gasteiger partial charge in [-0.15, -0.1) is 0 Å². The fraction of sp³-hybridized carbons (Fsp3) is 0.400. The maximum atomic E-state index is 13.5. The Kier molecular flexibility index (Phi) is 4.83. The molecule has 3 aromatic rings. The first-order valence-electron chi connectivity index (χ1n) is 9.40. The Bertz CT molecular complexity index is 933. The molecule has 1 aromatic carbocycles. The molecule has 0 spiro atoms. The number of fused-ring (bicyclic) bond motifs is 1. The number of nitrogens with one attached hydrogen (secondary N) is 2. The smallest absolute Gasteiger partial charge is 0.318 e. The second-order valence-electron chi connectivity index (χ2n) is 7.09. The van der Waals surface area contributed by atoms with Crippen molar-refractivity contribution in [2.24, 2.45) is 7.05 Å². The Morgan fingerprint density at radius 2 is 2.30 bits per heavy atom. The van der Waals surface area contributed by atoms with Crippen molar-refractivity contribution < 1.29 is 9.18 Å². The lowest BCUT2D eigenvalue weighted by atomic mass is 10.0. The molecule has 0 bridgehead atoms. The summed E-state index contributed by atoms with van der Waals surface area (Å²) in [5.74, 6) is 0.610. The number of aromatic nitrogens is 3. The van der Waals surface area contributed by atoms with Crippen molar-refractivity contribution in [3.8, 4) is 0 Å². The highest BCUT2D eigenvalue weighted by molar-refractivity contribution is 5.84. The highest BCUT2D eigenvalue weighted by Gasteiger charge is 2.29. The number of nitrogens with zero attached hydrogens (tertiary/aromatic N) is 3. The molecule has 1 fully saturated rings. The number of aromatic amines is 1. The number of piperidine rings is 1. The Balaban J connectivity index is 1.41. The number of carbonyl (C=O) groups is 1. The van der Waals surface area contributed by atoms with Crippen molar-refractivity contribution in [2.75, 3.05) is 13.1 Å². The van der Waals surface area contributed by atoms with E-state index in [0.717, 1.165) is 48.1 Å². The average molecular weight is 369 g/mol. The zero-order valence-corrected chi connectivity index (χ0v) is 15.4. The van der Waals surface area contributed by atoms with Gasteiger partial charge in [-0.25, -0.2) is 14.2 Å². The van der Waals surface area contributed by atoms with Crippen LogP contribution in [0, 0.1) is 5.82 Å². The standard InChI is InChI=1S/C20H24FN5O/c1-25-13-14(16-6-5-15(21)12-18(16)25)7-8-24-20(27)26-11-3-2-4-17(26)19-22-9-10-23-19/h5-6,9-10,12-13,17H,2-4,7-8,11H2,1H3,(H,22,23)(H,24,27). The van der Waals surface area contributed by atoms with E-state index in [1.807, 2.05) is 22.7 Å². The number of urea groups is 1. The van der Waals surface area contributed by atoms with Crippen LogP contribution in [0.4, 0.5) is 9.18 Å². The molecule has 7 heteroatoms. The predicted molar refractivity (Wildman–Crippen MR) is 102 cm³/mol. The van der Waals surface area contributed by atoms with Crippen molar-refractivity contribution in [1.29, 1.82) is 0 Å². The van der Waals surface area contributed by atoms with Crippen LogP contribution in [-0.4, -0.2) is 38.6 Å². The van der Waals surface area contributed by atoms with Gasteiger partial charge in [-0.2, -0.15) is 0 Å². The van der Waals surface area contributed by atoms with Gasteiger partial charge < -0.3 is 19.8 Å². The molecule has 2 amide bonds. The van der Waals surface area contributed by atoms with Crippen molar-refractivity contribution >= 4 is 16.9 Å². The minimum absolute atomic E-state index is 0.00859. The Labute approximate surface area is 157 Å². The number of halogens is 1. The lowest BCUT2D eigenvalue weighted by molar-refractivity contribution is 0.148. The zero-order chi connectivity index (χ0) is 18.8. The number of hydrogen-bond acceptors (Lipinski definition) is 2. The topological polar surface area (TPSA) is 66.0 Å². The fourth-order valence-corrected chi connectivity index (χ4v) is 3.96. The summed E-state index contributed by atoms with van der Waals surface area (Å²) in [6.07, 6.45) is 9.26. The number of benzene rings is 1. The van der Waals surface area contributed by atoms with Gasteiger partial charge in [0.1, 0.15) is 11.6 Å². The van der Waals surface area contributed by atoms with Crippen molar-refractivity contribution in [3.63, 3.8) is 0 Å². The third-order valence-corrected chi connectivity index (χ3v) is 5.30. The number of hydrogen-bond donors (Lipinski definition) is 2. The number of likely N-dealkylation sites (tertiary alicyclic amines) is 1. The first kappa shape index (κ1) is 17.6. The number of aryl methyl sites for hydroxylation is 1. The summed E-state index contributed by atoms with van der Waals surface area (Å²) in [5, 5.41) is 4.07. The number of rotatable bonds is 4. The largest absolute Gasteiger partial charge is 0.350 e. The molecule has 142 valence electrons. The summed E-state index contributed by atoms with van der Waals surface area (Å²) in [6.45, 7) is 1.28. The quantitative estimate of drug-likeness (QED) is 0.739. The normalized spacial score (nSPS) is 17.4. The monoisotopic (exact) mass is 369 g/mol. The molecule has 3 heterocycles. The fourth-order valence-electron chi connectivity index (χ4n) is 3.96. The van der Waals surface area contributed by atoms with E-state index in [9.17, 15) is 9.18 Å². The molecule has 2 N–H and O–H groups in total. The van der Waals surface area contributed by atoms with E-state index in [2.05, 4.69) is 15.3 Å². The van der Waals surface area contributed by atoms with Crippen molar-refractivity contribution in [3.05, 3.63) is 54.0 Å². The molecule has 0 radical (unpaired) electrons. The van der Waals surface area contributed by atoms with E-state index < -0.39 is 0 Å². The molecular formula is C20H24FN5O. The third-order valence-electron chi connectivity index (χ3n) is 5.30. The van der Waals surface area contributed by atoms with Crippen LogP contribution in [0.3, 0.4) is 0 Å². The Morgan fingerprint density at radius 3 is 3.11 bits per heavy atom. The van der Waals surface area contributed by atoms with Crippen LogP contribution < -0.4 is 5.32 Å². The summed E-state index contributed by atoms with van der Waals surface area (Å²) in [7, 11) is 1.91. The molecule has 0 saturated carbocycles. The van der Waals surface area contributed by atoms with E-state index in [1.165, 1.54) is 6.07 Å². The Hall–Kier alpha value is -2.83. The number of amides is 2. The minimum Gasteiger partial charge on any atom is -0.350 e. The number of H-pyrrole nitrogens is 1. The van der Waals surface area contributed by atoms with Gasteiger partial charge in [0.25, 0.3) is 0 Å². The zero-order valence-electron chi connectivity index (χ0n) is 15.4. The summed E-state index contributed by atoms with van der Waals surface area (Å²) in [4.78, 5) is 22.1. The van der Waals surface area contributed by atoms with E-state index in [0.29, 0.717) is 13.0 Å². The van der Waals surface area contributed by atoms with Gasteiger partial charge in [0.05, 0.1) is 11.6 Å². The van der Waals surface area contributed by atoms with Crippen LogP contribution in [0.2, 0.25) is 0 Å². The molecular weight excluding hydrogens is 345 g/mol. The predicted octanol–water partition coefficient (Wildman–Crippen LogP) is 3.52. The van der Waals surface area contributed by atoms with Crippen LogP contribution in [-0.2, 0) is 13.5 Å². The summed E-state index contributed by atoms with van der Waals surface area (Å²) in [5.41, 5.74) is 1.97. The number of carbonyl (C=O) groups excluding carboxylic acids is 1. The molecule has 1 atom stereocenters. The molecule has 1 aliphatic rings. The maximum Gasteiger partial charge on any atom is 0.318 e.